The van der Waals surface area contributed by atoms with Crippen molar-refractivity contribution in [3.8, 4) is 5.82 Å². The lowest BCUT2D eigenvalue weighted by atomic mass is 10.1. The van der Waals surface area contributed by atoms with E-state index in [1.54, 1.807) is 13.0 Å². The van der Waals surface area contributed by atoms with E-state index in [9.17, 15) is 22.4 Å². The first kappa shape index (κ1) is 19.1. The quantitative estimate of drug-likeness (QED) is 0.669. The van der Waals surface area contributed by atoms with Crippen molar-refractivity contribution < 1.29 is 22.4 Å². The Morgan fingerprint density at radius 1 is 1.21 bits per heavy atom. The number of aromatic nitrogens is 3. The van der Waals surface area contributed by atoms with Crippen LogP contribution in [0.3, 0.4) is 0 Å². The minimum absolute atomic E-state index is 0.0570. The predicted octanol–water partition coefficient (Wildman–Crippen LogP) is 4.02. The van der Waals surface area contributed by atoms with E-state index in [0.717, 1.165) is 17.8 Å². The first-order valence-corrected chi connectivity index (χ1v) is 8.88. The van der Waals surface area contributed by atoms with Crippen molar-refractivity contribution in [1.82, 2.24) is 20.1 Å². The van der Waals surface area contributed by atoms with Crippen molar-refractivity contribution in [2.24, 2.45) is 0 Å². The summed E-state index contributed by atoms with van der Waals surface area (Å²) in [5.41, 5.74) is 0.729. The lowest BCUT2D eigenvalue weighted by Gasteiger charge is -2.08. The van der Waals surface area contributed by atoms with Crippen LogP contribution in [-0.4, -0.2) is 26.7 Å². The Labute approximate surface area is 163 Å². The number of carbonyl (C=O) groups excluding carboxylic acids is 1. The topological polar surface area (TPSA) is 59.8 Å². The Morgan fingerprint density at radius 3 is 2.66 bits per heavy atom. The van der Waals surface area contributed by atoms with Crippen LogP contribution in [0.5, 0.6) is 0 Å². The van der Waals surface area contributed by atoms with Crippen molar-refractivity contribution >= 4 is 5.91 Å². The van der Waals surface area contributed by atoms with E-state index in [4.69, 9.17) is 0 Å². The van der Waals surface area contributed by atoms with Gasteiger partial charge in [-0.2, -0.15) is 18.3 Å². The van der Waals surface area contributed by atoms with Crippen molar-refractivity contribution in [3.63, 3.8) is 0 Å². The van der Waals surface area contributed by atoms with E-state index in [0.29, 0.717) is 17.7 Å². The van der Waals surface area contributed by atoms with Gasteiger partial charge >= 0.3 is 6.18 Å². The molecule has 3 aromatic rings. The minimum Gasteiger partial charge on any atom is -0.349 e. The second kappa shape index (κ2) is 6.98. The highest BCUT2D eigenvalue weighted by Crippen LogP contribution is 2.41. The molecule has 1 amide bonds. The molecular weight excluding hydrogens is 388 g/mol. The van der Waals surface area contributed by atoms with E-state index >= 15 is 0 Å². The molecule has 4 rings (SSSR count). The summed E-state index contributed by atoms with van der Waals surface area (Å²) in [4.78, 5) is 16.4. The van der Waals surface area contributed by atoms with Crippen LogP contribution in [0.15, 0.2) is 48.8 Å². The second-order valence-electron chi connectivity index (χ2n) is 6.94. The van der Waals surface area contributed by atoms with Gasteiger partial charge in [-0.05, 0) is 43.2 Å². The summed E-state index contributed by atoms with van der Waals surface area (Å²) in [5, 5.41) is 6.97. The van der Waals surface area contributed by atoms with Crippen molar-refractivity contribution in [3.05, 3.63) is 77.0 Å². The molecule has 2 heterocycles. The maximum Gasteiger partial charge on any atom is 0.417 e. The van der Waals surface area contributed by atoms with Crippen LogP contribution in [0.4, 0.5) is 17.6 Å². The zero-order valence-electron chi connectivity index (χ0n) is 15.2. The average Bonchev–Trinajstić information content (AvgIpc) is 3.32. The van der Waals surface area contributed by atoms with Crippen LogP contribution in [0.2, 0.25) is 0 Å². The third kappa shape index (κ3) is 3.85. The Hall–Kier alpha value is -3.23. The Balaban J connectivity index is 1.47. The summed E-state index contributed by atoms with van der Waals surface area (Å²) >= 11 is 0. The predicted molar refractivity (Wildman–Crippen MR) is 96.1 cm³/mol. The van der Waals surface area contributed by atoms with E-state index < -0.39 is 11.7 Å². The molecule has 1 aliphatic carbocycles. The number of hydrogen-bond donors (Lipinski definition) is 1. The second-order valence-corrected chi connectivity index (χ2v) is 6.94. The normalized spacial score (nSPS) is 18.5. The van der Waals surface area contributed by atoms with Crippen molar-refractivity contribution in [1.29, 1.82) is 0 Å². The first-order valence-electron chi connectivity index (χ1n) is 8.88. The number of benzene rings is 1. The number of alkyl halides is 3. The molecule has 1 aliphatic rings. The van der Waals surface area contributed by atoms with Gasteiger partial charge in [0.15, 0.2) is 5.82 Å². The third-order valence-electron chi connectivity index (χ3n) is 4.93. The van der Waals surface area contributed by atoms with E-state index in [-0.39, 0.29) is 29.5 Å². The Bertz CT molecular complexity index is 1060. The number of rotatable bonds is 4. The molecule has 1 aromatic carbocycles. The van der Waals surface area contributed by atoms with Gasteiger partial charge in [0.2, 0.25) is 0 Å². The summed E-state index contributed by atoms with van der Waals surface area (Å²) in [5.74, 6) is -0.426. The highest BCUT2D eigenvalue weighted by atomic mass is 19.4. The molecule has 29 heavy (non-hydrogen) atoms. The van der Waals surface area contributed by atoms with Gasteiger partial charge in [-0.15, -0.1) is 0 Å². The van der Waals surface area contributed by atoms with Gasteiger partial charge in [0.25, 0.3) is 5.91 Å². The smallest absolute Gasteiger partial charge is 0.349 e. The van der Waals surface area contributed by atoms with Crippen LogP contribution < -0.4 is 5.32 Å². The molecule has 2 aromatic heterocycles. The summed E-state index contributed by atoms with van der Waals surface area (Å²) < 4.78 is 52.7. The fraction of sp³-hybridized carbons (Fsp3) is 0.250. The summed E-state index contributed by atoms with van der Waals surface area (Å²) in [6, 6.07) is 8.29. The largest absolute Gasteiger partial charge is 0.417 e. The zero-order valence-corrected chi connectivity index (χ0v) is 15.2. The average molecular weight is 404 g/mol. The molecule has 0 aliphatic heterocycles. The van der Waals surface area contributed by atoms with Gasteiger partial charge in [-0.1, -0.05) is 12.1 Å². The first-order chi connectivity index (χ1) is 13.7. The van der Waals surface area contributed by atoms with Gasteiger partial charge in [-0.25, -0.2) is 14.1 Å². The number of amides is 1. The molecule has 2 atom stereocenters. The summed E-state index contributed by atoms with van der Waals surface area (Å²) in [6.45, 7) is 1.64. The van der Waals surface area contributed by atoms with Gasteiger partial charge in [-0.3, -0.25) is 4.79 Å². The molecule has 0 spiro atoms. The van der Waals surface area contributed by atoms with Crippen LogP contribution in [0.25, 0.3) is 5.82 Å². The van der Waals surface area contributed by atoms with Crippen molar-refractivity contribution in [2.45, 2.75) is 31.5 Å². The molecular formula is C20H16F4N4O. The minimum atomic E-state index is -4.47. The van der Waals surface area contributed by atoms with E-state index in [1.165, 1.54) is 29.1 Å². The van der Waals surface area contributed by atoms with Crippen LogP contribution in [0, 0.1) is 12.7 Å². The SMILES string of the molecule is Cc1c(C(=O)N[C@H]2C[C@H]2c2cccc(F)c2)cnn1-c1ccc(C(F)(F)F)cn1. The number of hydrogen-bond acceptors (Lipinski definition) is 3. The number of nitrogens with zero attached hydrogens (tertiary/aromatic N) is 3. The van der Waals surface area contributed by atoms with Crippen molar-refractivity contribution in [2.75, 3.05) is 0 Å². The molecule has 0 radical (unpaired) electrons. The maximum atomic E-state index is 13.4. The fourth-order valence-corrected chi connectivity index (χ4v) is 3.25. The third-order valence-corrected chi connectivity index (χ3v) is 4.93. The molecule has 1 fully saturated rings. The van der Waals surface area contributed by atoms with Gasteiger partial charge < -0.3 is 5.32 Å². The van der Waals surface area contributed by atoms with Crippen LogP contribution in [-0.2, 0) is 6.18 Å². The monoisotopic (exact) mass is 404 g/mol. The Kier molecular flexibility index (Phi) is 4.60. The molecule has 0 saturated heterocycles. The molecule has 1 saturated carbocycles. The highest BCUT2D eigenvalue weighted by molar-refractivity contribution is 5.95. The van der Waals surface area contributed by atoms with E-state index in [1.807, 2.05) is 6.07 Å². The summed E-state index contributed by atoms with van der Waals surface area (Å²) in [6.07, 6.45) is -1.69. The number of pyridine rings is 1. The molecule has 0 unspecified atom stereocenters. The summed E-state index contributed by atoms with van der Waals surface area (Å²) in [7, 11) is 0. The van der Waals surface area contributed by atoms with Gasteiger partial charge in [0, 0.05) is 18.2 Å². The Morgan fingerprint density at radius 2 is 2.00 bits per heavy atom. The maximum absolute atomic E-state index is 13.4. The van der Waals surface area contributed by atoms with Crippen LogP contribution in [0.1, 0.15) is 39.5 Å². The number of nitrogens with one attached hydrogen (secondary N) is 1. The molecule has 5 nitrogen and oxygen atoms in total. The van der Waals surface area contributed by atoms with Gasteiger partial charge in [0.05, 0.1) is 23.0 Å². The molecule has 150 valence electrons. The lowest BCUT2D eigenvalue weighted by molar-refractivity contribution is -0.137. The molecule has 0 bridgehead atoms. The zero-order chi connectivity index (χ0) is 20.8. The standard InChI is InChI=1S/C20H16F4N4O/c1-11-16(10-26-28(11)18-6-5-13(9-25-18)20(22,23)24)19(29)27-17-8-15(17)12-3-2-4-14(21)7-12/h2-7,9-10,15,17H,8H2,1H3,(H,27,29)/t15-,17-/m0/s1. The molecule has 1 N–H and O–H groups in total. The van der Waals surface area contributed by atoms with E-state index in [2.05, 4.69) is 15.4 Å². The number of carbonyl (C=O) groups is 1. The highest BCUT2D eigenvalue weighted by Gasteiger charge is 2.40. The molecule has 9 heteroatoms. The van der Waals surface area contributed by atoms with Crippen LogP contribution >= 0.6 is 0 Å². The lowest BCUT2D eigenvalue weighted by Crippen LogP contribution is -2.27. The van der Waals surface area contributed by atoms with Gasteiger partial charge in [0.1, 0.15) is 5.82 Å². The number of halogens is 4. The fourth-order valence-electron chi connectivity index (χ4n) is 3.25.